The summed E-state index contributed by atoms with van der Waals surface area (Å²) in [5.41, 5.74) is 2.97. The summed E-state index contributed by atoms with van der Waals surface area (Å²) in [4.78, 5) is 54.4. The highest BCUT2D eigenvalue weighted by Crippen LogP contribution is 2.41. The van der Waals surface area contributed by atoms with E-state index >= 15 is 0 Å². The van der Waals surface area contributed by atoms with Crippen molar-refractivity contribution in [3.63, 3.8) is 0 Å². The van der Waals surface area contributed by atoms with E-state index in [9.17, 15) is 19.2 Å². The third-order valence-corrected chi connectivity index (χ3v) is 7.27. The summed E-state index contributed by atoms with van der Waals surface area (Å²) >= 11 is 0. The van der Waals surface area contributed by atoms with Crippen LogP contribution in [0.25, 0.3) is 0 Å². The lowest BCUT2D eigenvalue weighted by atomic mass is 9.82. The number of imide groups is 1. The lowest BCUT2D eigenvalue weighted by molar-refractivity contribution is -0.139. The molecule has 0 N–H and O–H groups in total. The minimum Gasteiger partial charge on any atom is -0.497 e. The zero-order valence-electron chi connectivity index (χ0n) is 20.5. The van der Waals surface area contributed by atoms with Gasteiger partial charge in [0.2, 0.25) is 17.7 Å². The monoisotopic (exact) mass is 488 g/mol. The molecule has 2 saturated heterocycles. The first-order chi connectivity index (χ1) is 17.3. The number of carbonyl (C=O) groups excluding carboxylic acids is 4. The van der Waals surface area contributed by atoms with E-state index in [0.29, 0.717) is 41.3 Å². The Morgan fingerprint density at radius 2 is 1.72 bits per heavy atom. The Morgan fingerprint density at radius 1 is 0.944 bits per heavy atom. The van der Waals surface area contributed by atoms with Gasteiger partial charge in [0.1, 0.15) is 11.5 Å². The number of aryl methyl sites for hydroxylation is 1. The Hall–Kier alpha value is -3.94. The predicted molar refractivity (Wildman–Crippen MR) is 133 cm³/mol. The molecule has 0 spiro atoms. The highest BCUT2D eigenvalue weighted by molar-refractivity contribution is 6.22. The first kappa shape index (κ1) is 23.8. The van der Waals surface area contributed by atoms with Crippen molar-refractivity contribution in [1.82, 2.24) is 0 Å². The summed E-state index contributed by atoms with van der Waals surface area (Å²) in [5.74, 6) is -1.31. The van der Waals surface area contributed by atoms with Crippen LogP contribution in [0.1, 0.15) is 31.7 Å². The average Bonchev–Trinajstić information content (AvgIpc) is 3.37. The Labute approximate surface area is 209 Å². The third-order valence-electron chi connectivity index (χ3n) is 7.27. The first-order valence-corrected chi connectivity index (χ1v) is 12.1. The molecule has 5 rings (SSSR count). The largest absolute Gasteiger partial charge is 0.497 e. The van der Waals surface area contributed by atoms with Crippen molar-refractivity contribution < 1.29 is 28.7 Å². The van der Waals surface area contributed by atoms with Gasteiger partial charge in [-0.25, -0.2) is 4.90 Å². The molecule has 186 valence electrons. The minimum atomic E-state index is -0.607. The van der Waals surface area contributed by atoms with E-state index in [0.717, 1.165) is 5.57 Å². The number of anilines is 2. The molecular weight excluding hydrogens is 460 g/mol. The number of amides is 3. The number of ether oxygens (including phenoxy) is 2. The molecule has 3 aliphatic rings. The van der Waals surface area contributed by atoms with Gasteiger partial charge in [-0.2, -0.15) is 0 Å². The highest BCUT2D eigenvalue weighted by Gasteiger charge is 2.49. The van der Waals surface area contributed by atoms with Gasteiger partial charge in [0.25, 0.3) is 0 Å². The molecule has 3 atom stereocenters. The van der Waals surface area contributed by atoms with Crippen molar-refractivity contribution in [2.45, 2.75) is 33.1 Å². The molecule has 2 aromatic rings. The second-order valence-corrected chi connectivity index (χ2v) is 9.69. The first-order valence-electron chi connectivity index (χ1n) is 12.1. The van der Waals surface area contributed by atoms with Gasteiger partial charge in [-0.1, -0.05) is 17.7 Å². The Morgan fingerprint density at radius 3 is 2.47 bits per heavy atom. The number of fused-ring (bicyclic) bond motifs is 1. The van der Waals surface area contributed by atoms with Crippen molar-refractivity contribution in [3.8, 4) is 11.5 Å². The lowest BCUT2D eigenvalue weighted by Crippen LogP contribution is -2.31. The Bertz CT molecular complexity index is 1300. The summed E-state index contributed by atoms with van der Waals surface area (Å²) in [6.07, 6.45) is 3.28. The SMILES string of the molecule is COc1cccc(N2C[C@H](C(=O)Oc3ccc(N4C(=O)[C@H]5CC=C(C)C[C@H]5C4=O)c(C)c3)CC2=O)c1. The number of rotatable bonds is 5. The maximum atomic E-state index is 13.1. The van der Waals surface area contributed by atoms with Crippen LogP contribution in [0, 0.1) is 24.7 Å². The number of hydrogen-bond acceptors (Lipinski definition) is 6. The number of benzene rings is 2. The lowest BCUT2D eigenvalue weighted by Gasteiger charge is -2.19. The van der Waals surface area contributed by atoms with Gasteiger partial charge in [-0.3, -0.25) is 19.2 Å². The van der Waals surface area contributed by atoms with Gasteiger partial charge in [0, 0.05) is 24.7 Å². The molecule has 3 amide bonds. The fraction of sp³-hybridized carbons (Fsp3) is 0.357. The zero-order valence-corrected chi connectivity index (χ0v) is 20.5. The number of carbonyl (C=O) groups is 4. The summed E-state index contributed by atoms with van der Waals surface area (Å²) in [7, 11) is 1.55. The standard InChI is InChI=1S/C28H28N2O6/c1-16-7-9-22-23(11-16)27(33)30(26(22)32)24-10-8-21(12-17(24)2)36-28(34)18-13-25(31)29(15-18)19-5-4-6-20(14-19)35-3/h4-8,10,12,14,18,22-23H,9,11,13,15H2,1-3H3/t18-,22+,23-/m1/s1. The summed E-state index contributed by atoms with van der Waals surface area (Å²) in [6.45, 7) is 3.98. The fourth-order valence-corrected chi connectivity index (χ4v) is 5.31. The van der Waals surface area contributed by atoms with E-state index in [-0.39, 0.29) is 42.5 Å². The summed E-state index contributed by atoms with van der Waals surface area (Å²) < 4.78 is 10.8. The van der Waals surface area contributed by atoms with E-state index in [4.69, 9.17) is 9.47 Å². The maximum Gasteiger partial charge on any atom is 0.316 e. The van der Waals surface area contributed by atoms with Gasteiger partial charge < -0.3 is 14.4 Å². The van der Waals surface area contributed by atoms with Crippen LogP contribution in [0.2, 0.25) is 0 Å². The van der Waals surface area contributed by atoms with Gasteiger partial charge in [0.15, 0.2) is 0 Å². The molecule has 0 unspecified atom stereocenters. The molecule has 0 aromatic heterocycles. The van der Waals surface area contributed by atoms with Crippen LogP contribution >= 0.6 is 0 Å². The van der Waals surface area contributed by atoms with E-state index in [1.165, 1.54) is 4.90 Å². The van der Waals surface area contributed by atoms with E-state index < -0.39 is 11.9 Å². The number of allylic oxidation sites excluding steroid dienone is 2. The molecule has 2 aliphatic heterocycles. The van der Waals surface area contributed by atoms with Crippen LogP contribution in [-0.2, 0) is 19.2 Å². The topological polar surface area (TPSA) is 93.2 Å². The van der Waals surface area contributed by atoms with Crippen LogP contribution in [0.15, 0.2) is 54.1 Å². The summed E-state index contributed by atoms with van der Waals surface area (Å²) in [5, 5.41) is 0. The van der Waals surface area contributed by atoms with Crippen molar-refractivity contribution in [2.24, 2.45) is 17.8 Å². The van der Waals surface area contributed by atoms with Crippen LogP contribution in [0.3, 0.4) is 0 Å². The number of methoxy groups -OCH3 is 1. The second kappa shape index (κ2) is 9.26. The van der Waals surface area contributed by atoms with E-state index in [1.54, 1.807) is 61.4 Å². The molecule has 8 heteroatoms. The normalized spacial score (nSPS) is 23.6. The molecule has 0 bridgehead atoms. The molecular formula is C28H28N2O6. The summed E-state index contributed by atoms with van der Waals surface area (Å²) in [6, 6.07) is 12.0. The Kier molecular flexibility index (Phi) is 6.12. The van der Waals surface area contributed by atoms with Crippen LogP contribution in [-0.4, -0.2) is 37.3 Å². The van der Waals surface area contributed by atoms with Crippen LogP contribution in [0.4, 0.5) is 11.4 Å². The smallest absolute Gasteiger partial charge is 0.316 e. The van der Waals surface area contributed by atoms with E-state index in [2.05, 4.69) is 0 Å². The minimum absolute atomic E-state index is 0.0557. The second-order valence-electron chi connectivity index (χ2n) is 9.69. The van der Waals surface area contributed by atoms with Crippen molar-refractivity contribution in [3.05, 3.63) is 59.7 Å². The van der Waals surface area contributed by atoms with Gasteiger partial charge in [-0.05, 0) is 62.6 Å². The molecule has 36 heavy (non-hydrogen) atoms. The average molecular weight is 489 g/mol. The third kappa shape index (κ3) is 4.17. The number of esters is 1. The maximum absolute atomic E-state index is 13.1. The van der Waals surface area contributed by atoms with Gasteiger partial charge in [-0.15, -0.1) is 0 Å². The molecule has 2 fully saturated rings. The molecule has 8 nitrogen and oxygen atoms in total. The van der Waals surface area contributed by atoms with Gasteiger partial charge >= 0.3 is 5.97 Å². The van der Waals surface area contributed by atoms with Crippen molar-refractivity contribution in [2.75, 3.05) is 23.5 Å². The zero-order chi connectivity index (χ0) is 25.6. The molecule has 2 heterocycles. The fourth-order valence-electron chi connectivity index (χ4n) is 5.31. The molecule has 0 saturated carbocycles. The van der Waals surface area contributed by atoms with Crippen molar-refractivity contribution >= 4 is 35.1 Å². The van der Waals surface area contributed by atoms with Crippen LogP contribution in [0.5, 0.6) is 11.5 Å². The number of hydrogen-bond donors (Lipinski definition) is 0. The number of nitrogens with zero attached hydrogens (tertiary/aromatic N) is 2. The van der Waals surface area contributed by atoms with Gasteiger partial charge in [0.05, 0.1) is 30.6 Å². The Balaban J connectivity index is 1.28. The van der Waals surface area contributed by atoms with E-state index in [1.807, 2.05) is 13.0 Å². The highest BCUT2D eigenvalue weighted by atomic mass is 16.5. The van der Waals surface area contributed by atoms with Crippen molar-refractivity contribution in [1.29, 1.82) is 0 Å². The predicted octanol–water partition coefficient (Wildman–Crippen LogP) is 3.81. The molecule has 0 radical (unpaired) electrons. The quantitative estimate of drug-likeness (QED) is 0.275. The molecule has 2 aromatic carbocycles. The molecule has 1 aliphatic carbocycles. The van der Waals surface area contributed by atoms with Crippen LogP contribution < -0.4 is 19.3 Å².